The molecule has 0 aliphatic rings. The summed E-state index contributed by atoms with van der Waals surface area (Å²) in [5, 5.41) is 12.1. The second kappa shape index (κ2) is 7.75. The second-order valence-corrected chi connectivity index (χ2v) is 5.38. The molecule has 0 radical (unpaired) electrons. The van der Waals surface area contributed by atoms with Crippen LogP contribution in [-0.2, 0) is 12.8 Å². The maximum absolute atomic E-state index is 12.0. The summed E-state index contributed by atoms with van der Waals surface area (Å²) in [7, 11) is 0. The molecule has 2 aromatic rings. The van der Waals surface area contributed by atoms with Crippen molar-refractivity contribution in [3.05, 3.63) is 51.4 Å². The number of unbranched alkanes of at least 4 members (excludes halogenated alkanes) is 1. The molecule has 0 saturated heterocycles. The SMILES string of the molecule is CCCCc1ccc(Nc2nc(C)c(CCO)c(=O)[nH]2)cc1. The van der Waals surface area contributed by atoms with E-state index in [1.165, 1.54) is 18.4 Å². The Hall–Kier alpha value is -2.14. The summed E-state index contributed by atoms with van der Waals surface area (Å²) in [5.41, 5.74) is 3.16. The van der Waals surface area contributed by atoms with Crippen molar-refractivity contribution < 1.29 is 5.11 Å². The third-order valence-electron chi connectivity index (χ3n) is 3.62. The fraction of sp³-hybridized carbons (Fsp3) is 0.412. The second-order valence-electron chi connectivity index (χ2n) is 5.38. The van der Waals surface area contributed by atoms with Crippen LogP contribution < -0.4 is 10.9 Å². The van der Waals surface area contributed by atoms with Crippen LogP contribution in [0.1, 0.15) is 36.6 Å². The highest BCUT2D eigenvalue weighted by molar-refractivity contribution is 5.53. The third-order valence-corrected chi connectivity index (χ3v) is 3.62. The Labute approximate surface area is 130 Å². The zero-order valence-electron chi connectivity index (χ0n) is 13.1. The molecule has 0 unspecified atom stereocenters. The number of hydrogen-bond acceptors (Lipinski definition) is 4. The topological polar surface area (TPSA) is 78.0 Å². The van der Waals surface area contributed by atoms with E-state index >= 15 is 0 Å². The molecule has 0 amide bonds. The fourth-order valence-corrected chi connectivity index (χ4v) is 2.35. The Bertz CT molecular complexity index is 663. The van der Waals surface area contributed by atoms with Crippen LogP contribution in [0, 0.1) is 6.92 Å². The van der Waals surface area contributed by atoms with Crippen LogP contribution >= 0.6 is 0 Å². The van der Waals surface area contributed by atoms with E-state index in [2.05, 4.69) is 34.3 Å². The number of benzene rings is 1. The van der Waals surface area contributed by atoms with E-state index in [4.69, 9.17) is 5.11 Å². The van der Waals surface area contributed by atoms with Crippen LogP contribution in [0.15, 0.2) is 29.1 Å². The van der Waals surface area contributed by atoms with Gasteiger partial charge in [-0.2, -0.15) is 0 Å². The largest absolute Gasteiger partial charge is 0.396 e. The van der Waals surface area contributed by atoms with Crippen LogP contribution in [0.25, 0.3) is 0 Å². The average molecular weight is 301 g/mol. The fourth-order valence-electron chi connectivity index (χ4n) is 2.35. The molecule has 0 bridgehead atoms. The molecule has 5 nitrogen and oxygen atoms in total. The Morgan fingerprint density at radius 3 is 2.55 bits per heavy atom. The maximum atomic E-state index is 12.0. The smallest absolute Gasteiger partial charge is 0.255 e. The number of aliphatic hydroxyl groups excluding tert-OH is 1. The van der Waals surface area contributed by atoms with Gasteiger partial charge in [0, 0.05) is 24.3 Å². The average Bonchev–Trinajstić information content (AvgIpc) is 2.50. The minimum absolute atomic E-state index is 0.0579. The van der Waals surface area contributed by atoms with Crippen molar-refractivity contribution in [1.29, 1.82) is 0 Å². The number of nitrogens with zero attached hydrogens (tertiary/aromatic N) is 1. The first-order valence-electron chi connectivity index (χ1n) is 7.70. The monoisotopic (exact) mass is 301 g/mol. The molecule has 2 rings (SSSR count). The molecular formula is C17H23N3O2. The van der Waals surface area contributed by atoms with Crippen LogP contribution in [0.2, 0.25) is 0 Å². The zero-order valence-corrected chi connectivity index (χ0v) is 13.1. The van der Waals surface area contributed by atoms with E-state index in [-0.39, 0.29) is 12.2 Å². The number of hydrogen-bond donors (Lipinski definition) is 3. The van der Waals surface area contributed by atoms with E-state index in [0.29, 0.717) is 23.6 Å². The Kier molecular flexibility index (Phi) is 5.72. The van der Waals surface area contributed by atoms with Crippen LogP contribution in [0.4, 0.5) is 11.6 Å². The first-order chi connectivity index (χ1) is 10.6. The highest BCUT2D eigenvalue weighted by Crippen LogP contribution is 2.15. The van der Waals surface area contributed by atoms with E-state index in [1.807, 2.05) is 12.1 Å². The molecule has 0 aliphatic heterocycles. The van der Waals surface area contributed by atoms with Crippen molar-refractivity contribution in [3.8, 4) is 0 Å². The number of aliphatic hydroxyl groups is 1. The lowest BCUT2D eigenvalue weighted by molar-refractivity contribution is 0.298. The summed E-state index contributed by atoms with van der Waals surface area (Å²) in [4.78, 5) is 19.0. The summed E-state index contributed by atoms with van der Waals surface area (Å²) in [5.74, 6) is 0.422. The number of aromatic amines is 1. The predicted octanol–water partition coefficient (Wildman–Crippen LogP) is 2.70. The Morgan fingerprint density at radius 1 is 1.23 bits per heavy atom. The zero-order chi connectivity index (χ0) is 15.9. The van der Waals surface area contributed by atoms with Gasteiger partial charge < -0.3 is 10.4 Å². The molecule has 1 aromatic carbocycles. The van der Waals surface area contributed by atoms with E-state index < -0.39 is 0 Å². The number of H-pyrrole nitrogens is 1. The molecule has 5 heteroatoms. The molecular weight excluding hydrogens is 278 g/mol. The van der Waals surface area contributed by atoms with Gasteiger partial charge in [0.2, 0.25) is 5.95 Å². The summed E-state index contributed by atoms with van der Waals surface area (Å²) in [6.45, 7) is 3.90. The lowest BCUT2D eigenvalue weighted by Crippen LogP contribution is -2.19. The molecule has 1 heterocycles. The van der Waals surface area contributed by atoms with Crippen molar-refractivity contribution in [2.45, 2.75) is 39.5 Å². The summed E-state index contributed by atoms with van der Waals surface area (Å²) >= 11 is 0. The molecule has 1 aromatic heterocycles. The number of aryl methyl sites for hydroxylation is 2. The highest BCUT2D eigenvalue weighted by atomic mass is 16.3. The number of anilines is 2. The van der Waals surface area contributed by atoms with Gasteiger partial charge in [0.05, 0.1) is 5.69 Å². The minimum atomic E-state index is -0.205. The predicted molar refractivity (Wildman–Crippen MR) is 88.7 cm³/mol. The normalized spacial score (nSPS) is 10.7. The number of rotatable bonds is 7. The first-order valence-corrected chi connectivity index (χ1v) is 7.70. The number of aromatic nitrogens is 2. The van der Waals surface area contributed by atoms with Gasteiger partial charge in [0.1, 0.15) is 0 Å². The van der Waals surface area contributed by atoms with Crippen LogP contribution in [0.3, 0.4) is 0 Å². The molecule has 0 aliphatic carbocycles. The van der Waals surface area contributed by atoms with E-state index in [9.17, 15) is 4.79 Å². The molecule has 3 N–H and O–H groups in total. The van der Waals surface area contributed by atoms with Crippen molar-refractivity contribution >= 4 is 11.6 Å². The van der Waals surface area contributed by atoms with Crippen molar-refractivity contribution in [2.75, 3.05) is 11.9 Å². The van der Waals surface area contributed by atoms with Crippen LogP contribution in [-0.4, -0.2) is 21.7 Å². The van der Waals surface area contributed by atoms with Gasteiger partial charge in [-0.05, 0) is 37.5 Å². The molecule has 0 spiro atoms. The molecule has 0 saturated carbocycles. The molecule has 0 fully saturated rings. The third kappa shape index (κ3) is 4.18. The van der Waals surface area contributed by atoms with Crippen molar-refractivity contribution in [1.82, 2.24) is 9.97 Å². The van der Waals surface area contributed by atoms with Gasteiger partial charge in [0.15, 0.2) is 0 Å². The van der Waals surface area contributed by atoms with E-state index in [0.717, 1.165) is 12.1 Å². The van der Waals surface area contributed by atoms with E-state index in [1.54, 1.807) is 6.92 Å². The lowest BCUT2D eigenvalue weighted by atomic mass is 10.1. The van der Waals surface area contributed by atoms with Gasteiger partial charge in [-0.1, -0.05) is 25.5 Å². The maximum Gasteiger partial charge on any atom is 0.255 e. The van der Waals surface area contributed by atoms with Crippen LogP contribution in [0.5, 0.6) is 0 Å². The van der Waals surface area contributed by atoms with Gasteiger partial charge in [-0.3, -0.25) is 9.78 Å². The summed E-state index contributed by atoms with van der Waals surface area (Å²) in [6.07, 6.45) is 3.78. The summed E-state index contributed by atoms with van der Waals surface area (Å²) < 4.78 is 0. The lowest BCUT2D eigenvalue weighted by Gasteiger charge is -2.09. The first kappa shape index (κ1) is 16.2. The van der Waals surface area contributed by atoms with Gasteiger partial charge in [-0.25, -0.2) is 4.98 Å². The number of nitrogens with one attached hydrogen (secondary N) is 2. The Balaban J connectivity index is 2.12. The minimum Gasteiger partial charge on any atom is -0.396 e. The van der Waals surface area contributed by atoms with Crippen molar-refractivity contribution in [2.24, 2.45) is 0 Å². The Morgan fingerprint density at radius 2 is 1.95 bits per heavy atom. The quantitative estimate of drug-likeness (QED) is 0.735. The molecule has 0 atom stereocenters. The van der Waals surface area contributed by atoms with Gasteiger partial charge in [-0.15, -0.1) is 0 Å². The molecule has 118 valence electrons. The van der Waals surface area contributed by atoms with Gasteiger partial charge in [0.25, 0.3) is 5.56 Å². The van der Waals surface area contributed by atoms with Crippen molar-refractivity contribution in [3.63, 3.8) is 0 Å². The standard InChI is InChI=1S/C17H23N3O2/c1-3-4-5-13-6-8-14(9-7-13)19-17-18-12(2)15(10-11-21)16(22)20-17/h6-9,21H,3-5,10-11H2,1-2H3,(H2,18,19,20,22). The highest BCUT2D eigenvalue weighted by Gasteiger charge is 2.07. The molecule has 22 heavy (non-hydrogen) atoms. The van der Waals surface area contributed by atoms with Gasteiger partial charge >= 0.3 is 0 Å². The summed E-state index contributed by atoms with van der Waals surface area (Å²) in [6, 6.07) is 8.15.